The van der Waals surface area contributed by atoms with Gasteiger partial charge in [0.2, 0.25) is 0 Å². The predicted molar refractivity (Wildman–Crippen MR) is 109 cm³/mol. The van der Waals surface area contributed by atoms with E-state index in [1.54, 1.807) is 39.8 Å². The second-order valence-corrected chi connectivity index (χ2v) is 8.00. The molecule has 2 aliphatic heterocycles. The highest BCUT2D eigenvalue weighted by Gasteiger charge is 2.31. The highest BCUT2D eigenvalue weighted by Crippen LogP contribution is 2.31. The largest absolute Gasteiger partial charge is 0.348 e. The van der Waals surface area contributed by atoms with E-state index in [1.165, 1.54) is 12.1 Å². The summed E-state index contributed by atoms with van der Waals surface area (Å²) in [6.07, 6.45) is 4.43. The molecule has 2 aromatic heterocycles. The number of amides is 1. The standard InChI is InChI=1S/C22H22FN5O2/c23-17-2-1-3-18(7-17)28-13-15(10-26-28)9-25-21(29)19-4-5-20-16-6-14(8-24-11-16)12-27(20)22(19)30/h1-5,7,10,13-14,16,24H,6,8-9,11-12H2,(H,25,29)/t14-,16+/m0/s1. The van der Waals surface area contributed by atoms with Crippen LogP contribution in [0.3, 0.4) is 0 Å². The van der Waals surface area contributed by atoms with Crippen molar-refractivity contribution in [1.82, 2.24) is 25.0 Å². The number of halogens is 1. The second-order valence-electron chi connectivity index (χ2n) is 8.00. The van der Waals surface area contributed by atoms with Crippen LogP contribution in [0.1, 0.15) is 34.0 Å². The highest BCUT2D eigenvalue weighted by atomic mass is 19.1. The number of carbonyl (C=O) groups is 1. The van der Waals surface area contributed by atoms with Crippen molar-refractivity contribution >= 4 is 5.91 Å². The van der Waals surface area contributed by atoms with E-state index in [9.17, 15) is 14.0 Å². The predicted octanol–water partition coefficient (Wildman–Crippen LogP) is 1.81. The number of nitrogens with one attached hydrogen (secondary N) is 2. The Morgan fingerprint density at radius 1 is 1.27 bits per heavy atom. The van der Waals surface area contributed by atoms with Crippen LogP contribution in [-0.4, -0.2) is 33.3 Å². The molecule has 2 bridgehead atoms. The first-order valence-electron chi connectivity index (χ1n) is 10.1. The molecule has 5 rings (SSSR count). The van der Waals surface area contributed by atoms with E-state index in [4.69, 9.17) is 0 Å². The van der Waals surface area contributed by atoms with Gasteiger partial charge in [0.15, 0.2) is 0 Å². The molecule has 1 amide bonds. The number of hydrogen-bond donors (Lipinski definition) is 2. The van der Waals surface area contributed by atoms with E-state index in [1.807, 2.05) is 6.07 Å². The molecule has 4 heterocycles. The molecular weight excluding hydrogens is 385 g/mol. The average Bonchev–Trinajstić information content (AvgIpc) is 3.22. The number of carbonyl (C=O) groups excluding carboxylic acids is 1. The molecule has 8 heteroatoms. The molecule has 1 aromatic carbocycles. The minimum Gasteiger partial charge on any atom is -0.348 e. The highest BCUT2D eigenvalue weighted by molar-refractivity contribution is 5.93. The summed E-state index contributed by atoms with van der Waals surface area (Å²) in [4.78, 5) is 25.6. The fourth-order valence-electron chi connectivity index (χ4n) is 4.45. The van der Waals surface area contributed by atoms with Crippen LogP contribution in [0, 0.1) is 11.7 Å². The first kappa shape index (κ1) is 18.7. The molecule has 0 radical (unpaired) electrons. The number of pyridine rings is 1. The van der Waals surface area contributed by atoms with Gasteiger partial charge in [-0.1, -0.05) is 6.07 Å². The van der Waals surface area contributed by atoms with Gasteiger partial charge in [-0.3, -0.25) is 9.59 Å². The smallest absolute Gasteiger partial charge is 0.263 e. The Balaban J connectivity index is 1.31. The molecule has 2 aliphatic rings. The topological polar surface area (TPSA) is 81.0 Å². The van der Waals surface area contributed by atoms with E-state index in [0.29, 0.717) is 24.1 Å². The third-order valence-corrected chi connectivity index (χ3v) is 5.92. The maximum atomic E-state index is 13.4. The Kier molecular flexibility index (Phi) is 4.71. The Morgan fingerprint density at radius 2 is 2.17 bits per heavy atom. The van der Waals surface area contributed by atoms with Crippen molar-refractivity contribution in [1.29, 1.82) is 0 Å². The molecule has 0 unspecified atom stereocenters. The summed E-state index contributed by atoms with van der Waals surface area (Å²) >= 11 is 0. The molecule has 0 spiro atoms. The third kappa shape index (κ3) is 3.43. The van der Waals surface area contributed by atoms with Crippen LogP contribution < -0.4 is 16.2 Å². The van der Waals surface area contributed by atoms with Crippen LogP contribution in [0.5, 0.6) is 0 Å². The molecule has 7 nitrogen and oxygen atoms in total. The Labute approximate surface area is 172 Å². The Morgan fingerprint density at radius 3 is 3.03 bits per heavy atom. The van der Waals surface area contributed by atoms with Gasteiger partial charge < -0.3 is 15.2 Å². The third-order valence-electron chi connectivity index (χ3n) is 5.92. The van der Waals surface area contributed by atoms with Crippen molar-refractivity contribution in [3.05, 3.63) is 81.8 Å². The van der Waals surface area contributed by atoms with Gasteiger partial charge in [-0.25, -0.2) is 9.07 Å². The van der Waals surface area contributed by atoms with E-state index < -0.39 is 5.91 Å². The van der Waals surface area contributed by atoms with E-state index in [2.05, 4.69) is 15.7 Å². The first-order chi connectivity index (χ1) is 14.6. The molecular formula is C22H22FN5O2. The van der Waals surface area contributed by atoms with Crippen LogP contribution in [0.4, 0.5) is 4.39 Å². The number of benzene rings is 1. The zero-order chi connectivity index (χ0) is 20.7. The summed E-state index contributed by atoms with van der Waals surface area (Å²) in [5.74, 6) is 0.0187. The summed E-state index contributed by atoms with van der Waals surface area (Å²) < 4.78 is 16.7. The lowest BCUT2D eigenvalue weighted by Crippen LogP contribution is -2.46. The summed E-state index contributed by atoms with van der Waals surface area (Å²) in [5, 5.41) is 10.4. The second kappa shape index (κ2) is 7.53. The molecule has 1 saturated heterocycles. The van der Waals surface area contributed by atoms with Gasteiger partial charge in [-0.15, -0.1) is 0 Å². The fraction of sp³-hybridized carbons (Fsp3) is 0.318. The zero-order valence-corrected chi connectivity index (χ0v) is 16.3. The summed E-state index contributed by atoms with van der Waals surface area (Å²) in [7, 11) is 0. The molecule has 3 aromatic rings. The van der Waals surface area contributed by atoms with Gasteiger partial charge in [0.05, 0.1) is 11.9 Å². The summed E-state index contributed by atoms with van der Waals surface area (Å²) in [6, 6.07) is 9.66. The van der Waals surface area contributed by atoms with E-state index >= 15 is 0 Å². The lowest BCUT2D eigenvalue weighted by molar-refractivity contribution is 0.0948. The number of piperidine rings is 1. The summed E-state index contributed by atoms with van der Waals surface area (Å²) in [5.41, 5.74) is 2.30. The van der Waals surface area contributed by atoms with Crippen LogP contribution in [0.2, 0.25) is 0 Å². The Bertz CT molecular complexity index is 1170. The molecule has 30 heavy (non-hydrogen) atoms. The SMILES string of the molecule is O=C(NCc1cnn(-c2cccc(F)c2)c1)c1ccc2n(c1=O)C[C@@H]1CNC[C@H]2C1. The van der Waals surface area contributed by atoms with Crippen LogP contribution >= 0.6 is 0 Å². The van der Waals surface area contributed by atoms with Gasteiger partial charge in [0.25, 0.3) is 11.5 Å². The van der Waals surface area contributed by atoms with Crippen LogP contribution in [0.15, 0.2) is 53.6 Å². The van der Waals surface area contributed by atoms with Gasteiger partial charge in [-0.05, 0) is 49.2 Å². The van der Waals surface area contributed by atoms with Crippen molar-refractivity contribution in [3.8, 4) is 5.69 Å². The van der Waals surface area contributed by atoms with Gasteiger partial charge in [-0.2, -0.15) is 5.10 Å². The van der Waals surface area contributed by atoms with E-state index in [0.717, 1.165) is 30.8 Å². The molecule has 0 saturated carbocycles. The maximum absolute atomic E-state index is 13.4. The number of aromatic nitrogens is 3. The average molecular weight is 407 g/mol. The summed E-state index contributed by atoms with van der Waals surface area (Å²) in [6.45, 7) is 2.66. The number of nitrogens with zero attached hydrogens (tertiary/aromatic N) is 3. The lowest BCUT2D eigenvalue weighted by Gasteiger charge is -2.37. The molecule has 2 atom stereocenters. The van der Waals surface area contributed by atoms with Crippen molar-refractivity contribution in [2.24, 2.45) is 5.92 Å². The number of rotatable bonds is 4. The zero-order valence-electron chi connectivity index (χ0n) is 16.3. The number of fused-ring (bicyclic) bond motifs is 4. The molecule has 154 valence electrons. The van der Waals surface area contributed by atoms with Gasteiger partial charge >= 0.3 is 0 Å². The minimum atomic E-state index is -0.400. The van der Waals surface area contributed by atoms with Crippen LogP contribution in [-0.2, 0) is 13.1 Å². The first-order valence-corrected chi connectivity index (χ1v) is 10.1. The maximum Gasteiger partial charge on any atom is 0.263 e. The molecule has 1 fully saturated rings. The van der Waals surface area contributed by atoms with Crippen molar-refractivity contribution in [3.63, 3.8) is 0 Å². The minimum absolute atomic E-state index is 0.157. The molecule has 2 N–H and O–H groups in total. The molecule has 0 aliphatic carbocycles. The normalized spacial score (nSPS) is 19.9. The quantitative estimate of drug-likeness (QED) is 0.691. The van der Waals surface area contributed by atoms with Gasteiger partial charge in [0, 0.05) is 43.0 Å². The monoisotopic (exact) mass is 407 g/mol. The Hall–Kier alpha value is -3.26. The van der Waals surface area contributed by atoms with Crippen molar-refractivity contribution in [2.45, 2.75) is 25.4 Å². The van der Waals surface area contributed by atoms with Crippen molar-refractivity contribution < 1.29 is 9.18 Å². The lowest BCUT2D eigenvalue weighted by atomic mass is 9.84. The van der Waals surface area contributed by atoms with Crippen LogP contribution in [0.25, 0.3) is 5.69 Å². The number of hydrogen-bond acceptors (Lipinski definition) is 4. The van der Waals surface area contributed by atoms with Gasteiger partial charge in [0.1, 0.15) is 11.4 Å². The fourth-order valence-corrected chi connectivity index (χ4v) is 4.45. The van der Waals surface area contributed by atoms with Crippen molar-refractivity contribution in [2.75, 3.05) is 13.1 Å². The van der Waals surface area contributed by atoms with E-state index in [-0.39, 0.29) is 23.5 Å².